The molecule has 0 aromatic rings. The van der Waals surface area contributed by atoms with Gasteiger partial charge in [0, 0.05) is 6.54 Å². The standard InChI is InChI=1S/C8H13NO4/c1-2-3-9-6(4-7(10)11)5-13-8(9)12/h6H,2-5H2,1H3,(H,10,11). The molecule has 1 aliphatic heterocycles. The first kappa shape index (κ1) is 9.83. The molecule has 1 N–H and O–H groups in total. The number of ether oxygens (including phenoxy) is 1. The summed E-state index contributed by atoms with van der Waals surface area (Å²) in [6.45, 7) is 2.70. The molecule has 0 bridgehead atoms. The van der Waals surface area contributed by atoms with Gasteiger partial charge < -0.3 is 14.7 Å². The smallest absolute Gasteiger partial charge is 0.410 e. The lowest BCUT2D eigenvalue weighted by atomic mass is 10.2. The molecule has 5 nitrogen and oxygen atoms in total. The second kappa shape index (κ2) is 4.11. The Bertz CT molecular complexity index is 216. The van der Waals surface area contributed by atoms with E-state index in [0.717, 1.165) is 6.42 Å². The van der Waals surface area contributed by atoms with E-state index in [-0.39, 0.29) is 19.1 Å². The van der Waals surface area contributed by atoms with Crippen molar-refractivity contribution in [3.05, 3.63) is 0 Å². The maximum Gasteiger partial charge on any atom is 0.410 e. The Morgan fingerprint density at radius 1 is 1.77 bits per heavy atom. The van der Waals surface area contributed by atoms with Crippen LogP contribution in [0.1, 0.15) is 19.8 Å². The Hall–Kier alpha value is -1.26. The monoisotopic (exact) mass is 187 g/mol. The summed E-state index contributed by atoms with van der Waals surface area (Å²) in [5, 5.41) is 8.55. The fourth-order valence-electron chi connectivity index (χ4n) is 1.37. The summed E-state index contributed by atoms with van der Waals surface area (Å²) >= 11 is 0. The van der Waals surface area contributed by atoms with Crippen LogP contribution in [0.25, 0.3) is 0 Å². The molecule has 1 atom stereocenters. The SMILES string of the molecule is CCCN1C(=O)OCC1CC(=O)O. The lowest BCUT2D eigenvalue weighted by Crippen LogP contribution is -2.35. The first-order valence-electron chi connectivity index (χ1n) is 4.30. The summed E-state index contributed by atoms with van der Waals surface area (Å²) in [7, 11) is 0. The normalized spacial score (nSPS) is 21.8. The number of carboxylic acid groups (broad SMARTS) is 1. The molecule has 74 valence electrons. The lowest BCUT2D eigenvalue weighted by molar-refractivity contribution is -0.138. The number of aliphatic carboxylic acids is 1. The molecule has 13 heavy (non-hydrogen) atoms. The molecule has 1 aliphatic rings. The van der Waals surface area contributed by atoms with E-state index in [1.54, 1.807) is 0 Å². The molecule has 1 heterocycles. The van der Waals surface area contributed by atoms with Crippen molar-refractivity contribution in [1.82, 2.24) is 4.90 Å². The molecule has 0 spiro atoms. The van der Waals surface area contributed by atoms with Gasteiger partial charge in [-0.15, -0.1) is 0 Å². The van der Waals surface area contributed by atoms with E-state index in [1.807, 2.05) is 6.92 Å². The molecule has 0 radical (unpaired) electrons. The number of hydrogen-bond donors (Lipinski definition) is 1. The van der Waals surface area contributed by atoms with Gasteiger partial charge in [-0.3, -0.25) is 4.79 Å². The minimum atomic E-state index is -0.899. The van der Waals surface area contributed by atoms with Crippen LogP contribution in [-0.4, -0.2) is 41.3 Å². The highest BCUT2D eigenvalue weighted by Gasteiger charge is 2.33. The summed E-state index contributed by atoms with van der Waals surface area (Å²) < 4.78 is 4.76. The quantitative estimate of drug-likeness (QED) is 0.703. The third kappa shape index (κ3) is 2.34. The van der Waals surface area contributed by atoms with E-state index >= 15 is 0 Å². The molecule has 0 aliphatic carbocycles. The summed E-state index contributed by atoms with van der Waals surface area (Å²) in [6, 6.07) is -0.287. The number of hydrogen-bond acceptors (Lipinski definition) is 3. The number of rotatable bonds is 4. The predicted octanol–water partition coefficient (Wildman–Crippen LogP) is 0.692. The zero-order valence-electron chi connectivity index (χ0n) is 7.52. The van der Waals surface area contributed by atoms with Gasteiger partial charge in [-0.1, -0.05) is 6.92 Å². The van der Waals surface area contributed by atoms with Crippen LogP contribution in [0.4, 0.5) is 4.79 Å². The predicted molar refractivity (Wildman–Crippen MR) is 44.4 cm³/mol. The average molecular weight is 187 g/mol. The second-order valence-corrected chi connectivity index (χ2v) is 3.02. The fraction of sp³-hybridized carbons (Fsp3) is 0.750. The molecule has 1 amide bonds. The van der Waals surface area contributed by atoms with Gasteiger partial charge in [0.1, 0.15) is 6.61 Å². The van der Waals surface area contributed by atoms with Crippen LogP contribution in [0, 0.1) is 0 Å². The number of carbonyl (C=O) groups excluding carboxylic acids is 1. The Balaban J connectivity index is 2.53. The fourth-order valence-corrected chi connectivity index (χ4v) is 1.37. The van der Waals surface area contributed by atoms with E-state index in [2.05, 4.69) is 0 Å². The van der Waals surface area contributed by atoms with E-state index in [9.17, 15) is 9.59 Å². The van der Waals surface area contributed by atoms with Crippen molar-refractivity contribution in [2.45, 2.75) is 25.8 Å². The molecule has 5 heteroatoms. The van der Waals surface area contributed by atoms with Crippen molar-refractivity contribution in [2.24, 2.45) is 0 Å². The zero-order valence-corrected chi connectivity index (χ0v) is 7.52. The third-order valence-electron chi connectivity index (χ3n) is 1.95. The van der Waals surface area contributed by atoms with Crippen LogP contribution >= 0.6 is 0 Å². The molecule has 0 aromatic heterocycles. The van der Waals surface area contributed by atoms with Crippen molar-refractivity contribution in [1.29, 1.82) is 0 Å². The molecular weight excluding hydrogens is 174 g/mol. The number of cyclic esters (lactones) is 1. The van der Waals surface area contributed by atoms with E-state index in [1.165, 1.54) is 4.90 Å². The van der Waals surface area contributed by atoms with Crippen molar-refractivity contribution < 1.29 is 19.4 Å². The van der Waals surface area contributed by atoms with Crippen LogP contribution in [0.2, 0.25) is 0 Å². The Morgan fingerprint density at radius 3 is 3.00 bits per heavy atom. The van der Waals surface area contributed by atoms with Crippen LogP contribution in [0.5, 0.6) is 0 Å². The largest absolute Gasteiger partial charge is 0.481 e. The highest BCUT2D eigenvalue weighted by atomic mass is 16.6. The molecular formula is C8H13NO4. The number of carbonyl (C=O) groups is 2. The Kier molecular flexibility index (Phi) is 3.11. The molecule has 1 fully saturated rings. The van der Waals surface area contributed by atoms with E-state index < -0.39 is 12.1 Å². The molecule has 1 saturated heterocycles. The maximum absolute atomic E-state index is 11.1. The van der Waals surface area contributed by atoms with Gasteiger partial charge in [0.2, 0.25) is 0 Å². The van der Waals surface area contributed by atoms with Crippen molar-refractivity contribution in [3.8, 4) is 0 Å². The Labute approximate surface area is 76.3 Å². The van der Waals surface area contributed by atoms with Crippen LogP contribution in [-0.2, 0) is 9.53 Å². The minimum Gasteiger partial charge on any atom is -0.481 e. The third-order valence-corrected chi connectivity index (χ3v) is 1.95. The van der Waals surface area contributed by atoms with Crippen molar-refractivity contribution in [3.63, 3.8) is 0 Å². The topological polar surface area (TPSA) is 66.8 Å². The molecule has 1 unspecified atom stereocenters. The van der Waals surface area contributed by atoms with Crippen molar-refractivity contribution in [2.75, 3.05) is 13.2 Å². The summed E-state index contributed by atoms with van der Waals surface area (Å²) in [4.78, 5) is 23.0. The Morgan fingerprint density at radius 2 is 2.46 bits per heavy atom. The number of amides is 1. The molecule has 0 aromatic carbocycles. The van der Waals surface area contributed by atoms with Crippen LogP contribution in [0.3, 0.4) is 0 Å². The second-order valence-electron chi connectivity index (χ2n) is 3.02. The van der Waals surface area contributed by atoms with Gasteiger partial charge in [0.15, 0.2) is 0 Å². The average Bonchev–Trinajstić information content (AvgIpc) is 2.35. The molecule has 1 rings (SSSR count). The van der Waals surface area contributed by atoms with Gasteiger partial charge >= 0.3 is 12.1 Å². The number of nitrogens with zero attached hydrogens (tertiary/aromatic N) is 1. The maximum atomic E-state index is 11.1. The van der Waals surface area contributed by atoms with E-state index in [0.29, 0.717) is 6.54 Å². The van der Waals surface area contributed by atoms with Crippen LogP contribution < -0.4 is 0 Å². The van der Waals surface area contributed by atoms with Gasteiger partial charge in [-0.25, -0.2) is 4.79 Å². The van der Waals surface area contributed by atoms with Gasteiger partial charge in [-0.2, -0.15) is 0 Å². The van der Waals surface area contributed by atoms with Crippen LogP contribution in [0.15, 0.2) is 0 Å². The lowest BCUT2D eigenvalue weighted by Gasteiger charge is -2.18. The zero-order chi connectivity index (χ0) is 9.84. The first-order chi connectivity index (χ1) is 6.15. The van der Waals surface area contributed by atoms with Gasteiger partial charge in [-0.05, 0) is 6.42 Å². The van der Waals surface area contributed by atoms with E-state index in [4.69, 9.17) is 9.84 Å². The molecule has 0 saturated carbocycles. The highest BCUT2D eigenvalue weighted by Crippen LogP contribution is 2.15. The van der Waals surface area contributed by atoms with Crippen molar-refractivity contribution >= 4 is 12.1 Å². The summed E-state index contributed by atoms with van der Waals surface area (Å²) in [5.74, 6) is -0.899. The summed E-state index contributed by atoms with van der Waals surface area (Å²) in [6.07, 6.45) is 0.379. The number of carboxylic acids is 1. The minimum absolute atomic E-state index is 0.0360. The first-order valence-corrected chi connectivity index (χ1v) is 4.30. The highest BCUT2D eigenvalue weighted by molar-refractivity contribution is 5.73. The van der Waals surface area contributed by atoms with Gasteiger partial charge in [0.25, 0.3) is 0 Å². The summed E-state index contributed by atoms with van der Waals surface area (Å²) in [5.41, 5.74) is 0. The van der Waals surface area contributed by atoms with Gasteiger partial charge in [0.05, 0.1) is 12.5 Å².